The Morgan fingerprint density at radius 1 is 1.21 bits per heavy atom. The third-order valence-electron chi connectivity index (χ3n) is 5.30. The molecule has 1 amide bonds. The molecule has 0 aliphatic carbocycles. The number of carbonyl (C=O) groups excluding carboxylic acids is 1. The Bertz CT molecular complexity index is 1050. The van der Waals surface area contributed by atoms with Crippen LogP contribution in [0.3, 0.4) is 0 Å². The fourth-order valence-corrected chi connectivity index (χ4v) is 3.63. The van der Waals surface area contributed by atoms with Gasteiger partial charge in [-0.25, -0.2) is 0 Å². The van der Waals surface area contributed by atoms with E-state index in [0.29, 0.717) is 22.2 Å². The predicted molar refractivity (Wildman–Crippen MR) is 101 cm³/mol. The number of halogens is 3. The van der Waals surface area contributed by atoms with Crippen LogP contribution < -0.4 is 5.32 Å². The second-order valence-electron chi connectivity index (χ2n) is 7.42. The highest BCUT2D eigenvalue weighted by Crippen LogP contribution is 2.32. The number of amides is 1. The van der Waals surface area contributed by atoms with E-state index in [1.807, 2.05) is 7.05 Å². The van der Waals surface area contributed by atoms with Crippen molar-refractivity contribution in [2.75, 3.05) is 20.1 Å². The Balaban J connectivity index is 1.63. The van der Waals surface area contributed by atoms with Gasteiger partial charge in [0.05, 0.1) is 11.2 Å². The van der Waals surface area contributed by atoms with Crippen LogP contribution in [0.2, 0.25) is 0 Å². The molecule has 1 saturated heterocycles. The highest BCUT2D eigenvalue weighted by molar-refractivity contribution is 6.05. The summed E-state index contributed by atoms with van der Waals surface area (Å²) in [5.74, 6) is -0.288. The molecule has 1 aliphatic heterocycles. The van der Waals surface area contributed by atoms with Gasteiger partial charge in [-0.3, -0.25) is 14.6 Å². The van der Waals surface area contributed by atoms with Crippen LogP contribution in [0, 0.1) is 0 Å². The van der Waals surface area contributed by atoms with Gasteiger partial charge >= 0.3 is 6.18 Å². The number of nitrogens with one attached hydrogen (secondary N) is 2. The fraction of sp³-hybridized carbons (Fsp3) is 0.421. The molecule has 4 rings (SSSR count). The number of hydrogen-bond donors (Lipinski definition) is 2. The van der Waals surface area contributed by atoms with Crippen LogP contribution in [0.25, 0.3) is 22.2 Å². The molecule has 0 atom stereocenters. The summed E-state index contributed by atoms with van der Waals surface area (Å²) in [5.41, 5.74) is 0.752. The SMILES string of the molecule is CN1CCC(NC(=O)c2n[nH]c3ccc(-c4cc(C(F)(F)F)nn4C)cc23)CC1. The number of benzene rings is 1. The van der Waals surface area contributed by atoms with E-state index in [4.69, 9.17) is 0 Å². The van der Waals surface area contributed by atoms with Gasteiger partial charge in [-0.1, -0.05) is 6.07 Å². The minimum atomic E-state index is -4.52. The monoisotopic (exact) mass is 406 g/mol. The van der Waals surface area contributed by atoms with Crippen molar-refractivity contribution in [3.63, 3.8) is 0 Å². The molecule has 3 aromatic rings. The number of nitrogens with zero attached hydrogens (tertiary/aromatic N) is 4. The predicted octanol–water partition coefficient (Wildman–Crippen LogP) is 2.81. The molecule has 10 heteroatoms. The van der Waals surface area contributed by atoms with Crippen LogP contribution in [0.1, 0.15) is 29.0 Å². The van der Waals surface area contributed by atoms with Gasteiger partial charge in [0.2, 0.25) is 0 Å². The molecule has 1 aliphatic rings. The number of piperidine rings is 1. The molecule has 7 nitrogen and oxygen atoms in total. The number of hydrogen-bond acceptors (Lipinski definition) is 4. The lowest BCUT2D eigenvalue weighted by molar-refractivity contribution is -0.141. The number of aromatic nitrogens is 4. The molecule has 2 aromatic heterocycles. The molecule has 154 valence electrons. The summed E-state index contributed by atoms with van der Waals surface area (Å²) < 4.78 is 40.1. The van der Waals surface area contributed by atoms with Crippen molar-refractivity contribution in [3.8, 4) is 11.3 Å². The molecule has 1 fully saturated rings. The van der Waals surface area contributed by atoms with E-state index in [0.717, 1.165) is 32.0 Å². The van der Waals surface area contributed by atoms with Crippen molar-refractivity contribution in [1.29, 1.82) is 0 Å². The van der Waals surface area contributed by atoms with Crippen LogP contribution in [0.5, 0.6) is 0 Å². The number of alkyl halides is 3. The van der Waals surface area contributed by atoms with E-state index in [-0.39, 0.29) is 17.6 Å². The summed E-state index contributed by atoms with van der Waals surface area (Å²) in [5, 5.41) is 14.1. The second-order valence-corrected chi connectivity index (χ2v) is 7.42. The largest absolute Gasteiger partial charge is 0.435 e. The van der Waals surface area contributed by atoms with Crippen molar-refractivity contribution in [2.24, 2.45) is 7.05 Å². The average Bonchev–Trinajstić information content (AvgIpc) is 3.26. The summed E-state index contributed by atoms with van der Waals surface area (Å²) in [4.78, 5) is 15.0. The molecule has 1 aromatic carbocycles. The summed E-state index contributed by atoms with van der Waals surface area (Å²) in [6.07, 6.45) is -2.79. The molecule has 2 N–H and O–H groups in total. The Kier molecular flexibility index (Phi) is 4.81. The van der Waals surface area contributed by atoms with Crippen LogP contribution in [-0.2, 0) is 13.2 Å². The number of aromatic amines is 1. The van der Waals surface area contributed by atoms with Gasteiger partial charge in [0.15, 0.2) is 11.4 Å². The van der Waals surface area contributed by atoms with Crippen molar-refractivity contribution in [1.82, 2.24) is 30.2 Å². The van der Waals surface area contributed by atoms with Gasteiger partial charge in [-0.15, -0.1) is 0 Å². The summed E-state index contributed by atoms with van der Waals surface area (Å²) in [6, 6.07) is 6.12. The maximum absolute atomic E-state index is 13.0. The smallest absolute Gasteiger partial charge is 0.348 e. The van der Waals surface area contributed by atoms with E-state index in [2.05, 4.69) is 25.5 Å². The molecule has 0 spiro atoms. The molecular weight excluding hydrogens is 385 g/mol. The lowest BCUT2D eigenvalue weighted by Crippen LogP contribution is -2.43. The Labute approximate surface area is 164 Å². The number of aryl methyl sites for hydroxylation is 1. The first-order valence-electron chi connectivity index (χ1n) is 9.31. The van der Waals surface area contributed by atoms with Crippen molar-refractivity contribution in [2.45, 2.75) is 25.1 Å². The number of fused-ring (bicyclic) bond motifs is 1. The van der Waals surface area contributed by atoms with Crippen LogP contribution >= 0.6 is 0 Å². The quantitative estimate of drug-likeness (QED) is 0.701. The van der Waals surface area contributed by atoms with E-state index in [1.165, 1.54) is 11.7 Å². The molecule has 3 heterocycles. The lowest BCUT2D eigenvalue weighted by Gasteiger charge is -2.29. The van der Waals surface area contributed by atoms with Crippen molar-refractivity contribution < 1.29 is 18.0 Å². The number of H-pyrrole nitrogens is 1. The first-order valence-corrected chi connectivity index (χ1v) is 9.31. The molecule has 0 bridgehead atoms. The maximum atomic E-state index is 13.0. The minimum absolute atomic E-state index is 0.0834. The van der Waals surface area contributed by atoms with E-state index in [1.54, 1.807) is 18.2 Å². The van der Waals surface area contributed by atoms with Crippen LogP contribution in [0.15, 0.2) is 24.3 Å². The Morgan fingerprint density at radius 2 is 1.93 bits per heavy atom. The fourth-order valence-electron chi connectivity index (χ4n) is 3.63. The van der Waals surface area contributed by atoms with Gasteiger partial charge in [0, 0.05) is 24.0 Å². The molecule has 0 saturated carbocycles. The zero-order valence-corrected chi connectivity index (χ0v) is 16.0. The molecule has 0 radical (unpaired) electrons. The minimum Gasteiger partial charge on any atom is -0.348 e. The molecular formula is C19H21F3N6O. The van der Waals surface area contributed by atoms with Crippen molar-refractivity contribution in [3.05, 3.63) is 35.7 Å². The van der Waals surface area contributed by atoms with Gasteiger partial charge in [0.1, 0.15) is 0 Å². The Hall–Kier alpha value is -2.88. The maximum Gasteiger partial charge on any atom is 0.435 e. The number of likely N-dealkylation sites (tertiary alicyclic amines) is 1. The van der Waals surface area contributed by atoms with E-state index in [9.17, 15) is 18.0 Å². The standard InChI is InChI=1S/C19H21F3N6O/c1-27-7-5-12(6-8-27)23-18(29)17-13-9-11(3-4-14(13)24-25-17)15-10-16(19(20,21)22)26-28(15)2/h3-4,9-10,12H,5-8H2,1-2H3,(H,23,29)(H,24,25). The van der Waals surface area contributed by atoms with Crippen LogP contribution in [-0.4, -0.2) is 57.0 Å². The number of carbonyl (C=O) groups is 1. The highest BCUT2D eigenvalue weighted by atomic mass is 19.4. The normalized spacial score (nSPS) is 16.4. The zero-order chi connectivity index (χ0) is 20.8. The Morgan fingerprint density at radius 3 is 2.59 bits per heavy atom. The third-order valence-corrected chi connectivity index (χ3v) is 5.30. The first kappa shape index (κ1) is 19.4. The first-order chi connectivity index (χ1) is 13.7. The lowest BCUT2D eigenvalue weighted by atomic mass is 10.0. The van der Waals surface area contributed by atoms with Crippen molar-refractivity contribution >= 4 is 16.8 Å². The average molecular weight is 406 g/mol. The summed E-state index contributed by atoms with van der Waals surface area (Å²) in [7, 11) is 3.50. The molecule has 0 unspecified atom stereocenters. The second kappa shape index (κ2) is 7.18. The van der Waals surface area contributed by atoms with Gasteiger partial charge in [0.25, 0.3) is 5.91 Å². The summed E-state index contributed by atoms with van der Waals surface area (Å²) >= 11 is 0. The van der Waals surface area contributed by atoms with E-state index < -0.39 is 11.9 Å². The summed E-state index contributed by atoms with van der Waals surface area (Å²) in [6.45, 7) is 1.83. The number of rotatable bonds is 3. The topological polar surface area (TPSA) is 78.8 Å². The third kappa shape index (κ3) is 3.84. The van der Waals surface area contributed by atoms with E-state index >= 15 is 0 Å². The van der Waals surface area contributed by atoms with Crippen LogP contribution in [0.4, 0.5) is 13.2 Å². The van der Waals surface area contributed by atoms with Gasteiger partial charge in [-0.2, -0.15) is 23.4 Å². The zero-order valence-electron chi connectivity index (χ0n) is 16.0. The van der Waals surface area contributed by atoms with Gasteiger partial charge in [-0.05, 0) is 51.2 Å². The highest BCUT2D eigenvalue weighted by Gasteiger charge is 2.34. The van der Waals surface area contributed by atoms with Gasteiger partial charge < -0.3 is 10.2 Å². The molecule has 29 heavy (non-hydrogen) atoms.